The number of benzene rings is 3. The Balaban J connectivity index is 0.000000641. The summed E-state index contributed by atoms with van der Waals surface area (Å²) in [6, 6.07) is 25.3. The molecule has 0 aromatic heterocycles. The molecule has 0 heterocycles. The molecule has 3 aromatic rings. The molecule has 0 saturated heterocycles. The van der Waals surface area contributed by atoms with E-state index in [4.69, 9.17) is 5.73 Å². The van der Waals surface area contributed by atoms with Crippen molar-refractivity contribution in [3.05, 3.63) is 89.0 Å². The Bertz CT molecular complexity index is 1130. The van der Waals surface area contributed by atoms with Crippen molar-refractivity contribution in [2.75, 3.05) is 6.54 Å². The van der Waals surface area contributed by atoms with E-state index >= 15 is 0 Å². The van der Waals surface area contributed by atoms with Crippen LogP contribution in [-0.4, -0.2) is 16.9 Å². The van der Waals surface area contributed by atoms with Crippen LogP contribution < -0.4 is 11.0 Å². The zero-order valence-electron chi connectivity index (χ0n) is 27.6. The quantitative estimate of drug-likeness (QED) is 0.149. The molecule has 0 fully saturated rings. The molecule has 0 atom stereocenters. The number of halogens is 1. The maximum absolute atomic E-state index is 5.34. The zero-order valence-corrected chi connectivity index (χ0v) is 30.8. The Kier molecular flexibility index (Phi) is 16.1. The fraction of sp³-hybridized carbons (Fsp3) is 0.514. The molecule has 0 unspecified atom stereocenters. The normalized spacial score (nSPS) is 11.9. The van der Waals surface area contributed by atoms with Crippen LogP contribution in [-0.2, 0) is 24.6 Å². The Morgan fingerprint density at radius 3 is 1.63 bits per heavy atom. The standard InChI is InChI=1S/C29H45P.C8H10N.ClH.Pd/c1-19(2)22-17-24(20(3)4)27(25(18-22)21(5)6)23-15-13-14-16-26(23)30(28(7,8)9)29(10,11)12;9-7-6-8-4-2-1-3-5-8;;/h13-21H,1-12H3;1-4H,6-7,9H2;1H;/q;-1;;+2/p-1. The fourth-order valence-electron chi connectivity index (χ4n) is 5.62. The van der Waals surface area contributed by atoms with Crippen LogP contribution in [0.3, 0.4) is 0 Å². The van der Waals surface area contributed by atoms with Gasteiger partial charge in [-0.25, -0.2) is 0 Å². The van der Waals surface area contributed by atoms with Gasteiger partial charge in [-0.3, -0.25) is 0 Å². The predicted octanol–water partition coefficient (Wildman–Crippen LogP) is 11.1. The van der Waals surface area contributed by atoms with Gasteiger partial charge in [0.15, 0.2) is 0 Å². The van der Waals surface area contributed by atoms with Gasteiger partial charge in [-0.15, -0.1) is 0 Å². The number of hydrogen-bond acceptors (Lipinski definition) is 1. The van der Waals surface area contributed by atoms with Crippen molar-refractivity contribution >= 4 is 22.8 Å². The van der Waals surface area contributed by atoms with Crippen LogP contribution in [0, 0.1) is 6.07 Å². The molecular weight excluding hydrogens is 631 g/mol. The molecule has 0 aliphatic carbocycles. The molecule has 4 heteroatoms. The molecule has 41 heavy (non-hydrogen) atoms. The summed E-state index contributed by atoms with van der Waals surface area (Å²) in [5, 5.41) is 2.06. The summed E-state index contributed by atoms with van der Waals surface area (Å²) < 4.78 is 0. The number of nitrogens with two attached hydrogens (primary N) is 1. The predicted molar refractivity (Wildman–Crippen MR) is 184 cm³/mol. The first-order chi connectivity index (χ1) is 19.1. The second kappa shape index (κ2) is 17.3. The molecule has 0 aliphatic heterocycles. The molecule has 230 valence electrons. The molecule has 3 rings (SSSR count). The zero-order chi connectivity index (χ0) is 31.5. The third kappa shape index (κ3) is 11.2. The van der Waals surface area contributed by atoms with Gasteiger partial charge in [0, 0.05) is 0 Å². The van der Waals surface area contributed by atoms with Crippen LogP contribution in [0.1, 0.15) is 123 Å². The third-order valence-electron chi connectivity index (χ3n) is 7.08. The van der Waals surface area contributed by atoms with Gasteiger partial charge in [-0.1, -0.05) is 127 Å². The van der Waals surface area contributed by atoms with E-state index in [0.717, 1.165) is 6.42 Å². The molecule has 0 aliphatic rings. The van der Waals surface area contributed by atoms with Crippen molar-refractivity contribution in [1.29, 1.82) is 0 Å². The average Bonchev–Trinajstić information content (AvgIpc) is 2.89. The summed E-state index contributed by atoms with van der Waals surface area (Å²) in [6.07, 6.45) is 0.931. The van der Waals surface area contributed by atoms with Crippen LogP contribution in [0.15, 0.2) is 60.7 Å². The average molecular weight is 687 g/mol. The maximum atomic E-state index is 5.34. The van der Waals surface area contributed by atoms with E-state index in [2.05, 4.69) is 153 Å². The van der Waals surface area contributed by atoms with Crippen LogP contribution in [0.2, 0.25) is 0 Å². The van der Waals surface area contributed by atoms with Gasteiger partial charge >= 0.3 is 27.7 Å². The topological polar surface area (TPSA) is 26.0 Å². The van der Waals surface area contributed by atoms with E-state index in [-0.39, 0.29) is 18.2 Å². The van der Waals surface area contributed by atoms with Crippen molar-refractivity contribution in [3.8, 4) is 11.1 Å². The van der Waals surface area contributed by atoms with Crippen LogP contribution in [0.25, 0.3) is 11.1 Å². The van der Waals surface area contributed by atoms with Gasteiger partial charge in [0.2, 0.25) is 0 Å². The third-order valence-corrected chi connectivity index (χ3v) is 10.6. The van der Waals surface area contributed by atoms with Crippen molar-refractivity contribution in [2.24, 2.45) is 5.73 Å². The Labute approximate surface area is 269 Å². The second-order valence-corrected chi connectivity index (χ2v) is 17.5. The van der Waals surface area contributed by atoms with Gasteiger partial charge in [0.1, 0.15) is 0 Å². The monoisotopic (exact) mass is 685 g/mol. The first kappa shape index (κ1) is 38.0. The van der Waals surface area contributed by atoms with Gasteiger partial charge in [0.05, 0.1) is 0 Å². The van der Waals surface area contributed by atoms with Gasteiger partial charge in [0.25, 0.3) is 0 Å². The van der Waals surface area contributed by atoms with E-state index in [9.17, 15) is 0 Å². The minimum atomic E-state index is -0.366. The van der Waals surface area contributed by atoms with E-state index in [1.807, 2.05) is 24.3 Å². The van der Waals surface area contributed by atoms with Gasteiger partial charge in [-0.2, -0.15) is 35.9 Å². The summed E-state index contributed by atoms with van der Waals surface area (Å²) in [5.74, 6) is 1.55. The van der Waals surface area contributed by atoms with E-state index in [0.29, 0.717) is 24.3 Å². The first-order valence-electron chi connectivity index (χ1n) is 14.9. The number of hydrogen-bond donors (Lipinski definition) is 1. The van der Waals surface area contributed by atoms with Crippen LogP contribution in [0.5, 0.6) is 0 Å². The summed E-state index contributed by atoms with van der Waals surface area (Å²) in [7, 11) is 4.12. The summed E-state index contributed by atoms with van der Waals surface area (Å²) >= 11 is 2.22. The molecule has 1 nitrogen and oxygen atoms in total. The van der Waals surface area contributed by atoms with Crippen molar-refractivity contribution < 1.29 is 18.2 Å². The van der Waals surface area contributed by atoms with Crippen molar-refractivity contribution in [1.82, 2.24) is 0 Å². The van der Waals surface area contributed by atoms with Gasteiger partial charge in [-0.05, 0) is 74.2 Å². The molecule has 0 amide bonds. The van der Waals surface area contributed by atoms with Crippen LogP contribution >= 0.6 is 17.5 Å². The summed E-state index contributed by atoms with van der Waals surface area (Å²) in [6.45, 7) is 29.3. The Morgan fingerprint density at radius 1 is 0.756 bits per heavy atom. The molecule has 0 saturated carbocycles. The molecule has 2 N–H and O–H groups in total. The fourth-order valence-corrected chi connectivity index (χ4v) is 9.74. The van der Waals surface area contributed by atoms with E-state index < -0.39 is 0 Å². The van der Waals surface area contributed by atoms with Crippen LogP contribution in [0.4, 0.5) is 0 Å². The SMILES string of the molecule is CC(C)c1cc(C(C)C)c(-c2ccccc2P(C(C)(C)C)C(C)(C)C)c(C(C)C)c1.NCCc1[c-]cccc1.[Cl][Pd+]. The molecule has 0 radical (unpaired) electrons. The molecule has 3 aromatic carbocycles. The molecule has 0 spiro atoms. The molecule has 0 bridgehead atoms. The summed E-state index contributed by atoms with van der Waals surface area (Å²) in [5.41, 5.74) is 14.0. The van der Waals surface area contributed by atoms with E-state index in [1.165, 1.54) is 33.4 Å². The molecular formula is C37H55ClNPPd. The Morgan fingerprint density at radius 2 is 1.24 bits per heavy atom. The van der Waals surface area contributed by atoms with Crippen molar-refractivity contribution in [2.45, 2.75) is 118 Å². The number of rotatable bonds is 7. The minimum absolute atomic E-state index is 0.248. The van der Waals surface area contributed by atoms with E-state index in [1.54, 1.807) is 5.30 Å². The van der Waals surface area contributed by atoms with Gasteiger partial charge < -0.3 is 5.73 Å². The van der Waals surface area contributed by atoms with Crippen molar-refractivity contribution in [3.63, 3.8) is 0 Å². The second-order valence-electron chi connectivity index (χ2n) is 13.7. The first-order valence-corrected chi connectivity index (χ1v) is 18.3. The Hall–Kier alpha value is -0.998. The summed E-state index contributed by atoms with van der Waals surface area (Å²) in [4.78, 5) is 0.